The number of hydrogen-bond acceptors (Lipinski definition) is 2. The quantitative estimate of drug-likeness (QED) is 0.909. The van der Waals surface area contributed by atoms with Gasteiger partial charge >= 0.3 is 5.69 Å². The minimum Gasteiger partial charge on any atom is -0.293 e. The Labute approximate surface area is 124 Å². The summed E-state index contributed by atoms with van der Waals surface area (Å²) < 4.78 is 1.68. The first-order valence-corrected chi connectivity index (χ1v) is 7.57. The maximum absolute atomic E-state index is 12.1. The highest BCUT2D eigenvalue weighted by Crippen LogP contribution is 2.49. The first-order chi connectivity index (χ1) is 9.85. The summed E-state index contributed by atoms with van der Waals surface area (Å²) in [5, 5.41) is 0. The van der Waals surface area contributed by atoms with Crippen molar-refractivity contribution in [3.8, 4) is 0 Å². The molecular weight excluding hydrogens is 264 g/mol. The van der Waals surface area contributed by atoms with E-state index < -0.39 is 0 Å². The molecule has 21 heavy (non-hydrogen) atoms. The molecule has 1 heterocycles. The lowest BCUT2D eigenvalue weighted by Gasteiger charge is -2.23. The number of aromatic nitrogens is 2. The predicted molar refractivity (Wildman–Crippen MR) is 83.3 cm³/mol. The zero-order valence-electron chi connectivity index (χ0n) is 12.8. The van der Waals surface area contributed by atoms with E-state index in [9.17, 15) is 9.59 Å². The largest absolute Gasteiger partial charge is 0.328 e. The third-order valence-corrected chi connectivity index (χ3v) is 4.36. The normalized spacial score (nSPS) is 24.7. The molecule has 1 saturated carbocycles. The Morgan fingerprint density at radius 1 is 1.24 bits per heavy atom. The summed E-state index contributed by atoms with van der Waals surface area (Å²) in [6.07, 6.45) is 9.16. The summed E-state index contributed by atoms with van der Waals surface area (Å²) in [7, 11) is 0. The molecule has 0 unspecified atom stereocenters. The molecule has 1 fully saturated rings. The molecule has 1 N–H and O–H groups in total. The molecule has 0 radical (unpaired) electrons. The van der Waals surface area contributed by atoms with Gasteiger partial charge in [-0.1, -0.05) is 32.9 Å². The minimum absolute atomic E-state index is 0.0652. The van der Waals surface area contributed by atoms with E-state index in [-0.39, 0.29) is 22.7 Å². The third kappa shape index (κ3) is 2.67. The molecule has 0 bridgehead atoms. The third-order valence-electron chi connectivity index (χ3n) is 4.36. The summed E-state index contributed by atoms with van der Waals surface area (Å²) in [6.45, 7) is 6.77. The van der Waals surface area contributed by atoms with Gasteiger partial charge in [0.05, 0.1) is 6.04 Å². The fraction of sp³-hybridized carbons (Fsp3) is 0.529. The fourth-order valence-corrected chi connectivity index (χ4v) is 3.67. The van der Waals surface area contributed by atoms with E-state index >= 15 is 0 Å². The van der Waals surface area contributed by atoms with E-state index in [1.54, 1.807) is 10.8 Å². The lowest BCUT2D eigenvalue weighted by molar-refractivity contribution is 0.309. The first-order valence-electron chi connectivity index (χ1n) is 7.57. The average molecular weight is 286 g/mol. The van der Waals surface area contributed by atoms with Crippen LogP contribution in [0, 0.1) is 11.3 Å². The lowest BCUT2D eigenvalue weighted by Crippen LogP contribution is -2.31. The summed E-state index contributed by atoms with van der Waals surface area (Å²) in [5.41, 5.74) is 2.31. The highest BCUT2D eigenvalue weighted by Gasteiger charge is 2.38. The Kier molecular flexibility index (Phi) is 3.27. The van der Waals surface area contributed by atoms with Crippen LogP contribution < -0.4 is 11.2 Å². The van der Waals surface area contributed by atoms with E-state index in [0.717, 1.165) is 19.3 Å². The highest BCUT2D eigenvalue weighted by atomic mass is 16.2. The van der Waals surface area contributed by atoms with Crippen LogP contribution in [0.2, 0.25) is 0 Å². The summed E-state index contributed by atoms with van der Waals surface area (Å²) in [4.78, 5) is 25.7. The fourth-order valence-electron chi connectivity index (χ4n) is 3.67. The Morgan fingerprint density at radius 3 is 2.62 bits per heavy atom. The van der Waals surface area contributed by atoms with E-state index in [4.69, 9.17) is 0 Å². The second-order valence-electron chi connectivity index (χ2n) is 7.29. The highest BCUT2D eigenvalue weighted by molar-refractivity contribution is 5.46. The number of allylic oxidation sites excluding steroid dienone is 4. The zero-order chi connectivity index (χ0) is 15.2. The van der Waals surface area contributed by atoms with Gasteiger partial charge in [-0.05, 0) is 41.7 Å². The molecule has 4 nitrogen and oxygen atoms in total. The molecule has 2 aliphatic rings. The van der Waals surface area contributed by atoms with Crippen molar-refractivity contribution in [2.24, 2.45) is 11.3 Å². The van der Waals surface area contributed by atoms with E-state index in [1.807, 2.05) is 0 Å². The monoisotopic (exact) mass is 286 g/mol. The lowest BCUT2D eigenvalue weighted by atomic mass is 9.82. The molecule has 2 atom stereocenters. The average Bonchev–Trinajstić information content (AvgIpc) is 2.92. The van der Waals surface area contributed by atoms with Crippen molar-refractivity contribution in [1.82, 2.24) is 9.55 Å². The smallest absolute Gasteiger partial charge is 0.293 e. The molecular formula is C17H22N2O2. The van der Waals surface area contributed by atoms with Crippen LogP contribution in [0.5, 0.6) is 0 Å². The van der Waals surface area contributed by atoms with Crippen LogP contribution in [0.4, 0.5) is 0 Å². The molecule has 112 valence electrons. The van der Waals surface area contributed by atoms with Gasteiger partial charge in [0.1, 0.15) is 0 Å². The second-order valence-corrected chi connectivity index (χ2v) is 7.29. The summed E-state index contributed by atoms with van der Waals surface area (Å²) in [5.74, 6) is 0.502. The van der Waals surface area contributed by atoms with Gasteiger partial charge < -0.3 is 0 Å². The van der Waals surface area contributed by atoms with Crippen LogP contribution in [0.15, 0.2) is 45.2 Å². The molecule has 0 aliphatic heterocycles. The van der Waals surface area contributed by atoms with E-state index in [1.165, 1.54) is 17.2 Å². The van der Waals surface area contributed by atoms with Gasteiger partial charge in [0, 0.05) is 12.3 Å². The van der Waals surface area contributed by atoms with E-state index in [2.05, 4.69) is 37.9 Å². The topological polar surface area (TPSA) is 54.9 Å². The van der Waals surface area contributed by atoms with Crippen molar-refractivity contribution in [3.63, 3.8) is 0 Å². The number of nitrogens with one attached hydrogen (secondary N) is 1. The molecule has 0 spiro atoms. The Bertz CT molecular complexity index is 728. The molecule has 0 aromatic carbocycles. The van der Waals surface area contributed by atoms with Gasteiger partial charge in [-0.2, -0.15) is 0 Å². The van der Waals surface area contributed by atoms with Crippen molar-refractivity contribution in [3.05, 3.63) is 56.4 Å². The number of fused-ring (bicyclic) bond motifs is 1. The van der Waals surface area contributed by atoms with Crippen molar-refractivity contribution in [2.45, 2.75) is 46.1 Å². The molecule has 0 amide bonds. The van der Waals surface area contributed by atoms with E-state index in [0.29, 0.717) is 5.92 Å². The number of rotatable bonds is 2. The Balaban J connectivity index is 1.96. The Hall–Kier alpha value is -1.84. The predicted octanol–water partition coefficient (Wildman–Crippen LogP) is 2.79. The van der Waals surface area contributed by atoms with Crippen LogP contribution in [0.3, 0.4) is 0 Å². The minimum atomic E-state index is -0.336. The van der Waals surface area contributed by atoms with Gasteiger partial charge in [-0.25, -0.2) is 4.79 Å². The van der Waals surface area contributed by atoms with Gasteiger partial charge in [0.25, 0.3) is 5.56 Å². The van der Waals surface area contributed by atoms with Gasteiger partial charge in [0.15, 0.2) is 0 Å². The maximum Gasteiger partial charge on any atom is 0.328 e. The van der Waals surface area contributed by atoms with Crippen LogP contribution in [-0.4, -0.2) is 9.55 Å². The molecule has 3 rings (SSSR count). The van der Waals surface area contributed by atoms with Crippen LogP contribution in [-0.2, 0) is 0 Å². The van der Waals surface area contributed by atoms with Crippen LogP contribution in [0.25, 0.3) is 0 Å². The number of aromatic amines is 1. The molecule has 4 heteroatoms. The number of hydrogen-bond donors (Lipinski definition) is 1. The zero-order valence-corrected chi connectivity index (χ0v) is 12.8. The second kappa shape index (κ2) is 4.86. The first kappa shape index (κ1) is 14.1. The van der Waals surface area contributed by atoms with Crippen LogP contribution >= 0.6 is 0 Å². The molecule has 1 aromatic rings. The van der Waals surface area contributed by atoms with Crippen molar-refractivity contribution in [2.75, 3.05) is 0 Å². The Morgan fingerprint density at radius 2 is 1.95 bits per heavy atom. The van der Waals surface area contributed by atoms with Crippen molar-refractivity contribution < 1.29 is 0 Å². The summed E-state index contributed by atoms with van der Waals surface area (Å²) >= 11 is 0. The van der Waals surface area contributed by atoms with Crippen LogP contribution in [0.1, 0.15) is 46.1 Å². The standard InChI is InChI=1S/C17H22N2O2/c1-17(2,3)10-11-9-14(13-6-4-5-12(11)13)19-8-7-15(20)18-16(19)21/h5-8,11,14H,4,9-10H2,1-3H3,(H,18,20,21)/t11-,14-/m0/s1. The summed E-state index contributed by atoms with van der Waals surface area (Å²) in [6, 6.07) is 1.49. The van der Waals surface area contributed by atoms with Gasteiger partial charge in [-0.3, -0.25) is 14.3 Å². The number of nitrogens with zero attached hydrogens (tertiary/aromatic N) is 1. The SMILES string of the molecule is CC(C)(C)C[C@@H]1C[C@H](n2ccc(=O)[nH]c2=O)C2=CCC=C21. The van der Waals surface area contributed by atoms with Gasteiger partial charge in [0.2, 0.25) is 0 Å². The molecule has 1 aromatic heterocycles. The molecule has 0 saturated heterocycles. The number of H-pyrrole nitrogens is 1. The van der Waals surface area contributed by atoms with Gasteiger partial charge in [-0.15, -0.1) is 0 Å². The van der Waals surface area contributed by atoms with Crippen molar-refractivity contribution >= 4 is 0 Å². The van der Waals surface area contributed by atoms with Crippen molar-refractivity contribution in [1.29, 1.82) is 0 Å². The maximum atomic E-state index is 12.1. The molecule has 2 aliphatic carbocycles.